The topological polar surface area (TPSA) is 41.5 Å². The second kappa shape index (κ2) is 4.21. The van der Waals surface area contributed by atoms with Crippen LogP contribution < -0.4 is 5.32 Å². The molecular weight excluding hydrogens is 190 g/mol. The first-order valence-corrected chi connectivity index (χ1v) is 5.32. The van der Waals surface area contributed by atoms with E-state index in [0.717, 1.165) is 31.5 Å². The molecule has 1 aromatic carbocycles. The Morgan fingerprint density at radius 1 is 1.20 bits per heavy atom. The van der Waals surface area contributed by atoms with E-state index in [1.807, 2.05) is 12.1 Å². The van der Waals surface area contributed by atoms with Crippen LogP contribution in [0.25, 0.3) is 0 Å². The maximum Gasteiger partial charge on any atom is 0.115 e. The maximum atomic E-state index is 9.26. The zero-order valence-electron chi connectivity index (χ0n) is 8.99. The number of rotatable bonds is 2. The Bertz CT molecular complexity index is 315. The average molecular weight is 207 g/mol. The van der Waals surface area contributed by atoms with Crippen LogP contribution in [-0.4, -0.2) is 25.3 Å². The highest BCUT2D eigenvalue weighted by atomic mass is 16.5. The van der Waals surface area contributed by atoms with Crippen molar-refractivity contribution < 1.29 is 9.84 Å². The summed E-state index contributed by atoms with van der Waals surface area (Å²) >= 11 is 0. The Morgan fingerprint density at radius 3 is 2.33 bits per heavy atom. The van der Waals surface area contributed by atoms with Gasteiger partial charge in [0.05, 0.1) is 5.60 Å². The lowest BCUT2D eigenvalue weighted by Gasteiger charge is -2.36. The van der Waals surface area contributed by atoms with Gasteiger partial charge in [-0.1, -0.05) is 12.1 Å². The number of ether oxygens (including phenoxy) is 1. The van der Waals surface area contributed by atoms with Crippen LogP contribution >= 0.6 is 0 Å². The molecule has 82 valence electrons. The summed E-state index contributed by atoms with van der Waals surface area (Å²) in [6.45, 7) is 1.96. The van der Waals surface area contributed by atoms with Gasteiger partial charge >= 0.3 is 0 Å². The van der Waals surface area contributed by atoms with E-state index in [1.54, 1.807) is 19.2 Å². The van der Waals surface area contributed by atoms with Gasteiger partial charge < -0.3 is 15.2 Å². The Hall–Kier alpha value is -1.06. The van der Waals surface area contributed by atoms with Crippen molar-refractivity contribution in [1.29, 1.82) is 0 Å². The Balaban J connectivity index is 2.28. The highest BCUT2D eigenvalue weighted by molar-refractivity contribution is 5.30. The number of hydrogen-bond donors (Lipinski definition) is 2. The summed E-state index contributed by atoms with van der Waals surface area (Å²) in [4.78, 5) is 0. The largest absolute Gasteiger partial charge is 0.508 e. The molecule has 1 aliphatic rings. The second-order valence-electron chi connectivity index (χ2n) is 4.00. The molecule has 0 radical (unpaired) electrons. The van der Waals surface area contributed by atoms with E-state index in [4.69, 9.17) is 4.74 Å². The van der Waals surface area contributed by atoms with Gasteiger partial charge in [0.25, 0.3) is 0 Å². The molecule has 0 amide bonds. The minimum absolute atomic E-state index is 0.168. The molecule has 2 N–H and O–H groups in total. The van der Waals surface area contributed by atoms with Gasteiger partial charge in [-0.05, 0) is 43.6 Å². The van der Waals surface area contributed by atoms with Crippen molar-refractivity contribution in [3.63, 3.8) is 0 Å². The first-order chi connectivity index (χ1) is 7.27. The van der Waals surface area contributed by atoms with Crippen molar-refractivity contribution in [3.8, 4) is 5.75 Å². The lowest BCUT2D eigenvalue weighted by molar-refractivity contribution is -0.0391. The van der Waals surface area contributed by atoms with Crippen molar-refractivity contribution in [2.75, 3.05) is 20.2 Å². The van der Waals surface area contributed by atoms with Gasteiger partial charge in [0, 0.05) is 7.11 Å². The van der Waals surface area contributed by atoms with E-state index in [9.17, 15) is 5.11 Å². The number of benzene rings is 1. The number of piperidine rings is 1. The first-order valence-electron chi connectivity index (χ1n) is 5.32. The number of phenols is 1. The molecule has 0 bridgehead atoms. The summed E-state index contributed by atoms with van der Waals surface area (Å²) < 4.78 is 5.68. The molecule has 1 heterocycles. The fourth-order valence-corrected chi connectivity index (χ4v) is 2.21. The van der Waals surface area contributed by atoms with Crippen LogP contribution in [0.1, 0.15) is 18.4 Å². The normalized spacial score (nSPS) is 20.1. The van der Waals surface area contributed by atoms with Gasteiger partial charge in [-0.15, -0.1) is 0 Å². The zero-order valence-corrected chi connectivity index (χ0v) is 8.99. The van der Waals surface area contributed by atoms with Crippen LogP contribution in [-0.2, 0) is 10.3 Å². The van der Waals surface area contributed by atoms with Crippen LogP contribution in [0.15, 0.2) is 24.3 Å². The molecule has 1 aliphatic heterocycles. The summed E-state index contributed by atoms with van der Waals surface area (Å²) in [5.41, 5.74) is 0.989. The molecule has 2 rings (SSSR count). The second-order valence-corrected chi connectivity index (χ2v) is 4.00. The molecule has 3 heteroatoms. The van der Waals surface area contributed by atoms with Crippen LogP contribution in [0, 0.1) is 0 Å². The van der Waals surface area contributed by atoms with Crippen molar-refractivity contribution in [3.05, 3.63) is 29.8 Å². The van der Waals surface area contributed by atoms with E-state index in [1.165, 1.54) is 0 Å². The fraction of sp³-hybridized carbons (Fsp3) is 0.500. The average Bonchev–Trinajstić information content (AvgIpc) is 2.31. The maximum absolute atomic E-state index is 9.26. The molecule has 1 aromatic rings. The monoisotopic (exact) mass is 207 g/mol. The Kier molecular flexibility index (Phi) is 2.93. The molecule has 0 saturated carbocycles. The Morgan fingerprint density at radius 2 is 1.80 bits per heavy atom. The number of methoxy groups -OCH3 is 1. The highest BCUT2D eigenvalue weighted by Gasteiger charge is 2.33. The highest BCUT2D eigenvalue weighted by Crippen LogP contribution is 2.34. The number of nitrogens with one attached hydrogen (secondary N) is 1. The quantitative estimate of drug-likeness (QED) is 0.774. The van der Waals surface area contributed by atoms with Crippen molar-refractivity contribution >= 4 is 0 Å². The van der Waals surface area contributed by atoms with Gasteiger partial charge in [0.1, 0.15) is 5.75 Å². The fourth-order valence-electron chi connectivity index (χ4n) is 2.21. The van der Waals surface area contributed by atoms with Crippen molar-refractivity contribution in [2.24, 2.45) is 0 Å². The van der Waals surface area contributed by atoms with E-state index in [0.29, 0.717) is 5.75 Å². The van der Waals surface area contributed by atoms with Crippen LogP contribution in [0.2, 0.25) is 0 Å². The van der Waals surface area contributed by atoms with E-state index in [-0.39, 0.29) is 5.60 Å². The van der Waals surface area contributed by atoms with Gasteiger partial charge in [0.15, 0.2) is 0 Å². The number of aromatic hydroxyl groups is 1. The third-order valence-corrected chi connectivity index (χ3v) is 3.20. The lowest BCUT2D eigenvalue weighted by Crippen LogP contribution is -2.41. The SMILES string of the molecule is COC1(c2ccc(O)cc2)CCNCC1. The van der Waals surface area contributed by atoms with Gasteiger partial charge in [-0.25, -0.2) is 0 Å². The van der Waals surface area contributed by atoms with Crippen molar-refractivity contribution in [1.82, 2.24) is 5.32 Å². The third kappa shape index (κ3) is 1.98. The van der Waals surface area contributed by atoms with Crippen LogP contribution in [0.4, 0.5) is 0 Å². The molecule has 0 atom stereocenters. The van der Waals surface area contributed by atoms with Crippen LogP contribution in [0.3, 0.4) is 0 Å². The van der Waals surface area contributed by atoms with E-state index < -0.39 is 0 Å². The summed E-state index contributed by atoms with van der Waals surface area (Å²) in [6.07, 6.45) is 1.96. The zero-order chi connectivity index (χ0) is 10.7. The molecule has 15 heavy (non-hydrogen) atoms. The van der Waals surface area contributed by atoms with Gasteiger partial charge in [0.2, 0.25) is 0 Å². The van der Waals surface area contributed by atoms with E-state index >= 15 is 0 Å². The third-order valence-electron chi connectivity index (χ3n) is 3.20. The van der Waals surface area contributed by atoms with Gasteiger partial charge in [-0.3, -0.25) is 0 Å². The van der Waals surface area contributed by atoms with Crippen molar-refractivity contribution in [2.45, 2.75) is 18.4 Å². The number of hydrogen-bond acceptors (Lipinski definition) is 3. The summed E-state index contributed by atoms with van der Waals surface area (Å²) in [7, 11) is 1.76. The molecule has 1 fully saturated rings. The molecule has 0 aliphatic carbocycles. The smallest absolute Gasteiger partial charge is 0.115 e. The van der Waals surface area contributed by atoms with E-state index in [2.05, 4.69) is 5.32 Å². The summed E-state index contributed by atoms with van der Waals surface area (Å²) in [5, 5.41) is 12.6. The molecule has 1 saturated heterocycles. The van der Waals surface area contributed by atoms with Gasteiger partial charge in [-0.2, -0.15) is 0 Å². The minimum atomic E-state index is -0.168. The minimum Gasteiger partial charge on any atom is -0.508 e. The molecule has 0 aromatic heterocycles. The first kappa shape index (κ1) is 10.5. The molecule has 0 spiro atoms. The standard InChI is InChI=1S/C12H17NO2/c1-15-12(6-8-13-9-7-12)10-2-4-11(14)5-3-10/h2-5,13-14H,6-9H2,1H3. The summed E-state index contributed by atoms with van der Waals surface area (Å²) in [6, 6.07) is 7.34. The lowest BCUT2D eigenvalue weighted by atomic mass is 9.85. The predicted molar refractivity (Wildman–Crippen MR) is 58.9 cm³/mol. The van der Waals surface area contributed by atoms with Crippen LogP contribution in [0.5, 0.6) is 5.75 Å². The number of phenolic OH excluding ortho intramolecular Hbond substituents is 1. The molecular formula is C12H17NO2. The Labute approximate surface area is 90.1 Å². The predicted octanol–water partition coefficient (Wildman–Crippen LogP) is 1.62. The molecule has 0 unspecified atom stereocenters. The summed E-state index contributed by atoms with van der Waals surface area (Å²) in [5.74, 6) is 0.305. The molecule has 3 nitrogen and oxygen atoms in total.